The van der Waals surface area contributed by atoms with Crippen molar-refractivity contribution in [3.63, 3.8) is 0 Å². The monoisotopic (exact) mass is 294 g/mol. The lowest BCUT2D eigenvalue weighted by atomic mass is 10.1. The Bertz CT molecular complexity index is 617. The summed E-state index contributed by atoms with van der Waals surface area (Å²) in [5, 5.41) is 3.44. The molecule has 5 heteroatoms. The Morgan fingerprint density at radius 1 is 1.30 bits per heavy atom. The highest BCUT2D eigenvalue weighted by molar-refractivity contribution is 7.89. The molecule has 2 fully saturated rings. The predicted molar refractivity (Wildman–Crippen MR) is 79.0 cm³/mol. The molecule has 0 heterocycles. The number of hydrogen-bond donors (Lipinski definition) is 2. The summed E-state index contributed by atoms with van der Waals surface area (Å²) in [4.78, 5) is 0.379. The van der Waals surface area contributed by atoms with Crippen LogP contribution in [-0.2, 0) is 16.6 Å². The maximum Gasteiger partial charge on any atom is 0.241 e. The molecule has 2 N–H and O–H groups in total. The second kappa shape index (κ2) is 4.83. The van der Waals surface area contributed by atoms with Gasteiger partial charge in [0.2, 0.25) is 10.0 Å². The SMILES string of the molecule is Cc1ccc(S(=O)(=O)NC2(C)CC2)cc1CNC1CC1. The van der Waals surface area contributed by atoms with Gasteiger partial charge < -0.3 is 5.32 Å². The number of aryl methyl sites for hydroxylation is 1. The summed E-state index contributed by atoms with van der Waals surface area (Å²) in [7, 11) is -3.40. The van der Waals surface area contributed by atoms with Gasteiger partial charge in [-0.1, -0.05) is 6.07 Å². The van der Waals surface area contributed by atoms with Crippen LogP contribution < -0.4 is 10.0 Å². The van der Waals surface area contributed by atoms with Crippen molar-refractivity contribution in [2.45, 2.75) is 62.6 Å². The normalized spacial score (nSPS) is 20.9. The fourth-order valence-electron chi connectivity index (χ4n) is 2.22. The maximum atomic E-state index is 12.4. The van der Waals surface area contributed by atoms with Gasteiger partial charge in [0.15, 0.2) is 0 Å². The number of rotatable bonds is 6. The third-order valence-electron chi connectivity index (χ3n) is 4.17. The van der Waals surface area contributed by atoms with Crippen molar-refractivity contribution in [3.8, 4) is 0 Å². The first-order valence-corrected chi connectivity index (χ1v) is 8.73. The first kappa shape index (κ1) is 14.0. The summed E-state index contributed by atoms with van der Waals surface area (Å²) in [5.41, 5.74) is 1.98. The van der Waals surface area contributed by atoms with Gasteiger partial charge in [-0.3, -0.25) is 0 Å². The molecule has 0 unspecified atom stereocenters. The van der Waals surface area contributed by atoms with Gasteiger partial charge in [0.05, 0.1) is 4.90 Å². The van der Waals surface area contributed by atoms with E-state index in [4.69, 9.17) is 0 Å². The molecule has 0 radical (unpaired) electrons. The number of benzene rings is 1. The van der Waals surface area contributed by atoms with Crippen molar-refractivity contribution >= 4 is 10.0 Å². The minimum Gasteiger partial charge on any atom is -0.310 e. The molecule has 2 aliphatic carbocycles. The van der Waals surface area contributed by atoms with E-state index in [1.165, 1.54) is 12.8 Å². The molecule has 0 aromatic heterocycles. The Kier molecular flexibility index (Phi) is 3.39. The molecule has 0 atom stereocenters. The largest absolute Gasteiger partial charge is 0.310 e. The fraction of sp³-hybridized carbons (Fsp3) is 0.600. The molecule has 0 spiro atoms. The summed E-state index contributed by atoms with van der Waals surface area (Å²) in [5.74, 6) is 0. The zero-order chi connectivity index (χ0) is 14.4. The van der Waals surface area contributed by atoms with Crippen LogP contribution in [0.5, 0.6) is 0 Å². The van der Waals surface area contributed by atoms with Crippen LogP contribution in [0, 0.1) is 6.92 Å². The Hall–Kier alpha value is -0.910. The minimum atomic E-state index is -3.40. The van der Waals surface area contributed by atoms with Crippen molar-refractivity contribution in [2.75, 3.05) is 0 Å². The molecule has 0 amide bonds. The number of nitrogens with one attached hydrogen (secondary N) is 2. The molecule has 4 nitrogen and oxygen atoms in total. The average molecular weight is 294 g/mol. The molecular weight excluding hydrogens is 272 g/mol. The van der Waals surface area contributed by atoms with Crippen molar-refractivity contribution in [2.24, 2.45) is 0 Å². The number of hydrogen-bond acceptors (Lipinski definition) is 3. The van der Waals surface area contributed by atoms with Crippen LogP contribution in [0.25, 0.3) is 0 Å². The average Bonchev–Trinajstić information content (AvgIpc) is 3.26. The van der Waals surface area contributed by atoms with E-state index in [9.17, 15) is 8.42 Å². The Labute approximate surface area is 121 Å². The smallest absolute Gasteiger partial charge is 0.241 e. The third kappa shape index (κ3) is 3.22. The van der Waals surface area contributed by atoms with Crippen molar-refractivity contribution in [3.05, 3.63) is 29.3 Å². The standard InChI is InChI=1S/C15H22N2O2S/c1-11-3-6-14(9-12(11)10-16-13-4-5-13)20(18,19)17-15(2)7-8-15/h3,6,9,13,16-17H,4-5,7-8,10H2,1-2H3. The van der Waals surface area contributed by atoms with E-state index in [0.717, 1.165) is 30.5 Å². The topological polar surface area (TPSA) is 58.2 Å². The van der Waals surface area contributed by atoms with Gasteiger partial charge in [-0.15, -0.1) is 0 Å². The summed E-state index contributed by atoms with van der Waals surface area (Å²) in [6, 6.07) is 6.02. The Morgan fingerprint density at radius 3 is 2.60 bits per heavy atom. The van der Waals surface area contributed by atoms with Crippen LogP contribution >= 0.6 is 0 Å². The molecule has 1 aromatic rings. The van der Waals surface area contributed by atoms with Gasteiger partial charge in [-0.25, -0.2) is 13.1 Å². The van der Waals surface area contributed by atoms with E-state index in [1.54, 1.807) is 12.1 Å². The quantitative estimate of drug-likeness (QED) is 0.844. The zero-order valence-electron chi connectivity index (χ0n) is 12.1. The lowest BCUT2D eigenvalue weighted by Crippen LogP contribution is -2.34. The molecule has 0 bridgehead atoms. The van der Waals surface area contributed by atoms with Crippen LogP contribution in [0.1, 0.15) is 43.7 Å². The molecule has 2 saturated carbocycles. The van der Waals surface area contributed by atoms with Crippen molar-refractivity contribution in [1.29, 1.82) is 0 Å². The van der Waals surface area contributed by atoms with E-state index in [0.29, 0.717) is 10.9 Å². The van der Waals surface area contributed by atoms with Crippen LogP contribution in [0.3, 0.4) is 0 Å². The summed E-state index contributed by atoms with van der Waals surface area (Å²) in [6.07, 6.45) is 4.32. The van der Waals surface area contributed by atoms with E-state index in [2.05, 4.69) is 10.0 Å². The highest BCUT2D eigenvalue weighted by Crippen LogP contribution is 2.36. The fourth-order valence-corrected chi connectivity index (χ4v) is 3.74. The number of sulfonamides is 1. The minimum absolute atomic E-state index is 0.226. The molecule has 20 heavy (non-hydrogen) atoms. The summed E-state index contributed by atoms with van der Waals surface area (Å²) in [6.45, 7) is 4.72. The molecule has 0 aliphatic heterocycles. The third-order valence-corrected chi connectivity index (χ3v) is 5.81. The molecule has 2 aliphatic rings. The lowest BCUT2D eigenvalue weighted by Gasteiger charge is -2.14. The van der Waals surface area contributed by atoms with Gasteiger partial charge in [0.1, 0.15) is 0 Å². The van der Waals surface area contributed by atoms with E-state index < -0.39 is 10.0 Å². The molecule has 1 aromatic carbocycles. The second-order valence-corrected chi connectivity index (χ2v) is 8.09. The highest BCUT2D eigenvalue weighted by Gasteiger charge is 2.41. The maximum absolute atomic E-state index is 12.4. The van der Waals surface area contributed by atoms with Crippen LogP contribution in [-0.4, -0.2) is 20.0 Å². The summed E-state index contributed by atoms with van der Waals surface area (Å²) >= 11 is 0. The van der Waals surface area contributed by atoms with Gasteiger partial charge >= 0.3 is 0 Å². The van der Waals surface area contributed by atoms with E-state index >= 15 is 0 Å². The van der Waals surface area contributed by atoms with Crippen LogP contribution in [0.4, 0.5) is 0 Å². The van der Waals surface area contributed by atoms with Gasteiger partial charge in [0, 0.05) is 18.1 Å². The highest BCUT2D eigenvalue weighted by atomic mass is 32.2. The van der Waals surface area contributed by atoms with Gasteiger partial charge in [0.25, 0.3) is 0 Å². The Morgan fingerprint density at radius 2 is 2.00 bits per heavy atom. The van der Waals surface area contributed by atoms with Crippen LogP contribution in [0.15, 0.2) is 23.1 Å². The molecule has 110 valence electrons. The van der Waals surface area contributed by atoms with E-state index in [-0.39, 0.29) is 5.54 Å². The van der Waals surface area contributed by atoms with Crippen LogP contribution in [0.2, 0.25) is 0 Å². The first-order chi connectivity index (χ1) is 9.38. The summed E-state index contributed by atoms with van der Waals surface area (Å²) < 4.78 is 27.5. The predicted octanol–water partition coefficient (Wildman–Crippen LogP) is 2.08. The van der Waals surface area contributed by atoms with Crippen molar-refractivity contribution in [1.82, 2.24) is 10.0 Å². The first-order valence-electron chi connectivity index (χ1n) is 7.25. The van der Waals surface area contributed by atoms with Gasteiger partial charge in [-0.2, -0.15) is 0 Å². The second-order valence-electron chi connectivity index (χ2n) is 6.41. The Balaban J connectivity index is 1.79. The molecule has 3 rings (SSSR count). The zero-order valence-corrected chi connectivity index (χ0v) is 12.9. The van der Waals surface area contributed by atoms with Gasteiger partial charge in [-0.05, 0) is 62.8 Å². The molecular formula is C15H22N2O2S. The van der Waals surface area contributed by atoms with Crippen molar-refractivity contribution < 1.29 is 8.42 Å². The lowest BCUT2D eigenvalue weighted by molar-refractivity contribution is 0.557. The van der Waals surface area contributed by atoms with E-state index in [1.807, 2.05) is 19.9 Å². The molecule has 0 saturated heterocycles.